The van der Waals surface area contributed by atoms with Gasteiger partial charge >= 0.3 is 6.09 Å². The van der Waals surface area contributed by atoms with Crippen LogP contribution in [0.2, 0.25) is 0 Å². The maximum Gasteiger partial charge on any atom is 0.413 e. The molecule has 1 saturated carbocycles. The number of hydrogen-bond acceptors (Lipinski definition) is 5. The van der Waals surface area contributed by atoms with Crippen LogP contribution in [-0.2, 0) is 9.53 Å². The Labute approximate surface area is 178 Å². The predicted molar refractivity (Wildman–Crippen MR) is 116 cm³/mol. The van der Waals surface area contributed by atoms with E-state index in [1.807, 2.05) is 50.2 Å². The predicted octanol–water partition coefficient (Wildman–Crippen LogP) is 3.94. The number of nitrogens with zero attached hydrogens (tertiary/aromatic N) is 2. The van der Waals surface area contributed by atoms with Crippen LogP contribution >= 0.6 is 0 Å². The molecule has 0 saturated heterocycles. The zero-order valence-electron chi connectivity index (χ0n) is 17.9. The Hall–Kier alpha value is -2.88. The number of nitrogens with one attached hydrogen (secondary N) is 2. The van der Waals surface area contributed by atoms with Crippen LogP contribution in [0.4, 0.5) is 4.79 Å². The summed E-state index contributed by atoms with van der Waals surface area (Å²) in [6.07, 6.45) is 5.66. The first-order valence-corrected chi connectivity index (χ1v) is 10.6. The molecular weight excluding hydrogens is 380 g/mol. The summed E-state index contributed by atoms with van der Waals surface area (Å²) in [5.74, 6) is 0.323. The van der Waals surface area contributed by atoms with Gasteiger partial charge in [0.2, 0.25) is 5.91 Å². The first-order chi connectivity index (χ1) is 14.4. The van der Waals surface area contributed by atoms with Crippen molar-refractivity contribution < 1.29 is 14.3 Å². The molecule has 1 aliphatic carbocycles. The summed E-state index contributed by atoms with van der Waals surface area (Å²) in [5, 5.41) is 14.0. The van der Waals surface area contributed by atoms with Crippen molar-refractivity contribution in [2.24, 2.45) is 10.4 Å². The van der Waals surface area contributed by atoms with Gasteiger partial charge in [-0.3, -0.25) is 15.1 Å². The van der Waals surface area contributed by atoms with Crippen molar-refractivity contribution in [1.29, 1.82) is 5.26 Å². The van der Waals surface area contributed by atoms with Crippen molar-refractivity contribution in [2.75, 3.05) is 13.1 Å². The van der Waals surface area contributed by atoms with Crippen molar-refractivity contribution in [3.8, 4) is 6.07 Å². The smallest absolute Gasteiger partial charge is 0.413 e. The number of ether oxygens (including phenoxy) is 1. The van der Waals surface area contributed by atoms with Crippen LogP contribution in [0.25, 0.3) is 0 Å². The number of aliphatic imine (C=N–C) groups is 1. The van der Waals surface area contributed by atoms with E-state index in [4.69, 9.17) is 10.00 Å². The lowest BCUT2D eigenvalue weighted by Crippen LogP contribution is -2.35. The highest BCUT2D eigenvalue weighted by molar-refractivity contribution is 6.06. The zero-order chi connectivity index (χ0) is 21.8. The van der Waals surface area contributed by atoms with Gasteiger partial charge in [-0.1, -0.05) is 50.6 Å². The van der Waals surface area contributed by atoms with Gasteiger partial charge in [0.1, 0.15) is 18.5 Å². The van der Waals surface area contributed by atoms with E-state index in [9.17, 15) is 9.59 Å². The van der Waals surface area contributed by atoms with Gasteiger partial charge in [-0.2, -0.15) is 5.26 Å². The molecule has 1 aromatic rings. The molecule has 0 aliphatic heterocycles. The molecule has 1 aromatic carbocycles. The fourth-order valence-electron chi connectivity index (χ4n) is 3.45. The molecule has 0 radical (unpaired) electrons. The van der Waals surface area contributed by atoms with Gasteiger partial charge in [0, 0.05) is 18.5 Å². The summed E-state index contributed by atoms with van der Waals surface area (Å²) in [6, 6.07) is 11.4. The number of alkyl carbamates (subject to hydrolysis) is 1. The van der Waals surface area contributed by atoms with Gasteiger partial charge in [-0.15, -0.1) is 0 Å². The van der Waals surface area contributed by atoms with Crippen LogP contribution in [0, 0.1) is 16.7 Å². The number of benzene rings is 1. The van der Waals surface area contributed by atoms with E-state index >= 15 is 0 Å². The molecule has 30 heavy (non-hydrogen) atoms. The van der Waals surface area contributed by atoms with Crippen LogP contribution < -0.4 is 10.6 Å². The Morgan fingerprint density at radius 1 is 1.20 bits per heavy atom. The highest BCUT2D eigenvalue weighted by Gasteiger charge is 2.22. The average Bonchev–Trinajstić information content (AvgIpc) is 2.72. The molecule has 0 spiro atoms. The number of carbonyl (C=O) groups is 2. The second kappa shape index (κ2) is 12.0. The molecule has 0 aromatic heterocycles. The van der Waals surface area contributed by atoms with Gasteiger partial charge in [-0.05, 0) is 37.5 Å². The Balaban J connectivity index is 1.97. The van der Waals surface area contributed by atoms with Gasteiger partial charge in [0.25, 0.3) is 0 Å². The molecule has 162 valence electrons. The van der Waals surface area contributed by atoms with Gasteiger partial charge in [0.15, 0.2) is 0 Å². The Morgan fingerprint density at radius 3 is 2.57 bits per heavy atom. The van der Waals surface area contributed by atoms with E-state index in [-0.39, 0.29) is 24.0 Å². The number of hydrogen-bond donors (Lipinski definition) is 2. The molecule has 2 rings (SSSR count). The lowest BCUT2D eigenvalue weighted by Gasteiger charge is -2.23. The first-order valence-electron chi connectivity index (χ1n) is 10.6. The fraction of sp³-hybridized carbons (Fsp3) is 0.565. The highest BCUT2D eigenvalue weighted by atomic mass is 16.6. The number of rotatable bonds is 8. The van der Waals surface area contributed by atoms with E-state index in [0.29, 0.717) is 25.2 Å². The van der Waals surface area contributed by atoms with Gasteiger partial charge in [-0.25, -0.2) is 4.79 Å². The van der Waals surface area contributed by atoms with Crippen LogP contribution in [0.3, 0.4) is 0 Å². The third-order valence-electron chi connectivity index (χ3n) is 5.16. The number of nitriles is 1. The second-order valence-corrected chi connectivity index (χ2v) is 8.41. The highest BCUT2D eigenvalue weighted by Crippen LogP contribution is 2.25. The fourth-order valence-corrected chi connectivity index (χ4v) is 3.45. The molecule has 2 amide bonds. The van der Waals surface area contributed by atoms with Crippen molar-refractivity contribution in [3.63, 3.8) is 0 Å². The Bertz CT molecular complexity index is 762. The van der Waals surface area contributed by atoms with Crippen molar-refractivity contribution in [3.05, 3.63) is 35.9 Å². The number of carbonyl (C=O) groups excluding carboxylic acids is 2. The maximum atomic E-state index is 12.4. The molecule has 2 N–H and O–H groups in total. The van der Waals surface area contributed by atoms with E-state index in [2.05, 4.69) is 15.6 Å². The standard InChI is InChI=1S/C23H32N4O3/c1-23(2,17-20(28)25-16-14-24)13-15-26-21(18-9-5-3-6-10-18)27-22(29)30-19-11-7-4-8-12-19/h3,5-6,9-10,19H,4,7-8,11-13,15-17H2,1-2H3,(H,25,28)(H,26,27,29). The minimum atomic E-state index is -0.473. The van der Waals surface area contributed by atoms with Crippen molar-refractivity contribution >= 4 is 17.8 Å². The topological polar surface area (TPSA) is 104 Å². The van der Waals surface area contributed by atoms with Crippen LogP contribution in [0.1, 0.15) is 64.4 Å². The molecule has 0 unspecified atom stereocenters. The quantitative estimate of drug-likeness (QED) is 0.383. The normalized spacial score (nSPS) is 15.2. The third kappa shape index (κ3) is 8.64. The van der Waals surface area contributed by atoms with Gasteiger partial charge < -0.3 is 10.1 Å². The molecule has 0 heterocycles. The first kappa shape index (κ1) is 23.4. The van der Waals surface area contributed by atoms with Crippen LogP contribution in [0.15, 0.2) is 35.3 Å². The molecule has 7 heteroatoms. The number of amides is 2. The lowest BCUT2D eigenvalue weighted by molar-refractivity contribution is -0.122. The van der Waals surface area contributed by atoms with Gasteiger partial charge in [0.05, 0.1) is 6.07 Å². The van der Waals surface area contributed by atoms with E-state index < -0.39 is 6.09 Å². The maximum absolute atomic E-state index is 12.4. The van der Waals surface area contributed by atoms with E-state index in [1.54, 1.807) is 0 Å². The van der Waals surface area contributed by atoms with Crippen molar-refractivity contribution in [2.45, 2.75) is 64.9 Å². The van der Waals surface area contributed by atoms with Crippen LogP contribution in [0.5, 0.6) is 0 Å². The molecular formula is C23H32N4O3. The summed E-state index contributed by atoms with van der Waals surface area (Å²) in [6.45, 7) is 4.44. The molecule has 1 fully saturated rings. The largest absolute Gasteiger partial charge is 0.446 e. The average molecular weight is 413 g/mol. The minimum absolute atomic E-state index is 0.0121. The summed E-state index contributed by atoms with van der Waals surface area (Å²) >= 11 is 0. The summed E-state index contributed by atoms with van der Waals surface area (Å²) in [4.78, 5) is 28.9. The summed E-state index contributed by atoms with van der Waals surface area (Å²) < 4.78 is 5.57. The molecule has 7 nitrogen and oxygen atoms in total. The summed E-state index contributed by atoms with van der Waals surface area (Å²) in [5.41, 5.74) is 0.524. The lowest BCUT2D eigenvalue weighted by atomic mass is 9.85. The monoisotopic (exact) mass is 412 g/mol. The van der Waals surface area contributed by atoms with Crippen LogP contribution in [-0.4, -0.2) is 37.0 Å². The molecule has 0 bridgehead atoms. The SMILES string of the molecule is CC(C)(CCN=C(NC(=O)OC1CCCCC1)c1ccccc1)CC(=O)NCC#N. The summed E-state index contributed by atoms with van der Waals surface area (Å²) in [7, 11) is 0. The second-order valence-electron chi connectivity index (χ2n) is 8.41. The molecule has 0 atom stereocenters. The minimum Gasteiger partial charge on any atom is -0.446 e. The van der Waals surface area contributed by atoms with E-state index in [1.165, 1.54) is 6.42 Å². The van der Waals surface area contributed by atoms with E-state index in [0.717, 1.165) is 31.2 Å². The zero-order valence-corrected chi connectivity index (χ0v) is 17.9. The Morgan fingerprint density at radius 2 is 1.90 bits per heavy atom. The molecule has 1 aliphatic rings. The number of amidine groups is 1. The third-order valence-corrected chi connectivity index (χ3v) is 5.16. The van der Waals surface area contributed by atoms with Crippen molar-refractivity contribution in [1.82, 2.24) is 10.6 Å². The Kier molecular flexibility index (Phi) is 9.33.